The van der Waals surface area contributed by atoms with Crippen molar-refractivity contribution in [3.05, 3.63) is 36.7 Å². The Kier molecular flexibility index (Phi) is 2.51. The first kappa shape index (κ1) is 10.1. The predicted molar refractivity (Wildman–Crippen MR) is 58.0 cm³/mol. The summed E-state index contributed by atoms with van der Waals surface area (Å²) < 4.78 is 0. The molecule has 0 spiro atoms. The van der Waals surface area contributed by atoms with Crippen LogP contribution in [-0.4, -0.2) is 22.0 Å². The van der Waals surface area contributed by atoms with Crippen LogP contribution in [0.4, 0.5) is 5.69 Å². The molecule has 0 aliphatic heterocycles. The molecule has 2 N–H and O–H groups in total. The molecule has 16 heavy (non-hydrogen) atoms. The normalized spacial score (nSPS) is 10.0. The lowest BCUT2D eigenvalue weighted by atomic mass is 10.1. The monoisotopic (exact) mass is 216 g/mol. The van der Waals surface area contributed by atoms with Crippen molar-refractivity contribution in [1.29, 1.82) is 0 Å². The largest absolute Gasteiger partial charge is 0.474 e. The number of benzene rings is 1. The molecule has 2 aromatic rings. The second-order valence-electron chi connectivity index (χ2n) is 3.16. The molecule has 0 aliphatic carbocycles. The maximum atomic E-state index is 11.0. The molecule has 0 fully saturated rings. The first-order valence-electron chi connectivity index (χ1n) is 4.55. The number of hydrogen-bond donors (Lipinski definition) is 2. The van der Waals surface area contributed by atoms with Gasteiger partial charge in [0.15, 0.2) is 0 Å². The van der Waals surface area contributed by atoms with Gasteiger partial charge in [-0.15, -0.1) is 0 Å². The molecule has 0 saturated heterocycles. The molecule has 0 saturated carbocycles. The number of hydrogen-bond acceptors (Lipinski definition) is 3. The van der Waals surface area contributed by atoms with Crippen LogP contribution < -0.4 is 5.32 Å². The highest BCUT2D eigenvalue weighted by Crippen LogP contribution is 2.21. The van der Waals surface area contributed by atoms with Gasteiger partial charge in [-0.25, -0.2) is 4.79 Å². The summed E-state index contributed by atoms with van der Waals surface area (Å²) in [4.78, 5) is 25.4. The number of pyridine rings is 1. The second kappa shape index (κ2) is 3.98. The first-order chi connectivity index (χ1) is 7.68. The SMILES string of the molecule is O=C(O)C(=O)Nc1cccc2ccncc12. The molecule has 0 bridgehead atoms. The van der Waals surface area contributed by atoms with E-state index in [9.17, 15) is 9.59 Å². The number of rotatable bonds is 1. The van der Waals surface area contributed by atoms with E-state index in [-0.39, 0.29) is 0 Å². The van der Waals surface area contributed by atoms with Gasteiger partial charge in [0.05, 0.1) is 5.69 Å². The topological polar surface area (TPSA) is 79.3 Å². The third kappa shape index (κ3) is 1.83. The molecule has 1 aromatic heterocycles. The smallest absolute Gasteiger partial charge is 0.394 e. The molecule has 0 atom stereocenters. The highest BCUT2D eigenvalue weighted by atomic mass is 16.4. The van der Waals surface area contributed by atoms with Crippen molar-refractivity contribution in [3.63, 3.8) is 0 Å². The summed E-state index contributed by atoms with van der Waals surface area (Å²) in [6.45, 7) is 0. The zero-order valence-electron chi connectivity index (χ0n) is 8.18. The van der Waals surface area contributed by atoms with E-state index >= 15 is 0 Å². The maximum Gasteiger partial charge on any atom is 0.394 e. The number of carboxylic acids is 1. The summed E-state index contributed by atoms with van der Waals surface area (Å²) in [5, 5.41) is 12.4. The molecule has 1 amide bonds. The number of carboxylic acid groups (broad SMARTS) is 1. The number of fused-ring (bicyclic) bond motifs is 1. The van der Waals surface area contributed by atoms with Gasteiger partial charge in [0, 0.05) is 17.8 Å². The lowest BCUT2D eigenvalue weighted by Gasteiger charge is -2.05. The van der Waals surface area contributed by atoms with Gasteiger partial charge in [-0.2, -0.15) is 0 Å². The van der Waals surface area contributed by atoms with Crippen LogP contribution in [0.15, 0.2) is 36.7 Å². The van der Waals surface area contributed by atoms with E-state index in [1.807, 2.05) is 6.07 Å². The number of carbonyl (C=O) groups excluding carboxylic acids is 1. The Bertz CT molecular complexity index is 561. The van der Waals surface area contributed by atoms with Crippen LogP contribution in [0, 0.1) is 0 Å². The van der Waals surface area contributed by atoms with Crippen molar-refractivity contribution < 1.29 is 14.7 Å². The molecule has 80 valence electrons. The summed E-state index contributed by atoms with van der Waals surface area (Å²) in [6.07, 6.45) is 3.21. The Morgan fingerprint density at radius 2 is 2.06 bits per heavy atom. The van der Waals surface area contributed by atoms with Crippen LogP contribution in [0.3, 0.4) is 0 Å². The molecular weight excluding hydrogens is 208 g/mol. The van der Waals surface area contributed by atoms with Crippen molar-refractivity contribution in [3.8, 4) is 0 Å². The van der Waals surface area contributed by atoms with Gasteiger partial charge in [-0.1, -0.05) is 12.1 Å². The van der Waals surface area contributed by atoms with Gasteiger partial charge in [-0.3, -0.25) is 9.78 Å². The number of nitrogens with one attached hydrogen (secondary N) is 1. The number of carbonyl (C=O) groups is 2. The summed E-state index contributed by atoms with van der Waals surface area (Å²) in [5.41, 5.74) is 0.443. The van der Waals surface area contributed by atoms with E-state index in [0.29, 0.717) is 11.1 Å². The van der Waals surface area contributed by atoms with Gasteiger partial charge < -0.3 is 10.4 Å². The van der Waals surface area contributed by atoms with Crippen LogP contribution in [0.2, 0.25) is 0 Å². The van der Waals surface area contributed by atoms with Gasteiger partial charge in [-0.05, 0) is 17.5 Å². The number of aliphatic carboxylic acids is 1. The minimum atomic E-state index is -1.51. The molecule has 5 nitrogen and oxygen atoms in total. The van der Waals surface area contributed by atoms with Crippen molar-refractivity contribution in [2.24, 2.45) is 0 Å². The van der Waals surface area contributed by atoms with E-state index in [2.05, 4.69) is 10.3 Å². The van der Waals surface area contributed by atoms with Crippen LogP contribution in [0.25, 0.3) is 10.8 Å². The maximum absolute atomic E-state index is 11.0. The molecule has 0 radical (unpaired) electrons. The van der Waals surface area contributed by atoms with Crippen LogP contribution in [0.1, 0.15) is 0 Å². The standard InChI is InChI=1S/C11H8N2O3/c14-10(11(15)16)13-9-3-1-2-7-4-5-12-6-8(7)9/h1-6H,(H,13,14)(H,15,16). The summed E-state index contributed by atoms with van der Waals surface area (Å²) in [5.74, 6) is -2.57. The number of anilines is 1. The van der Waals surface area contributed by atoms with Gasteiger partial charge >= 0.3 is 11.9 Å². The quantitative estimate of drug-likeness (QED) is 0.703. The van der Waals surface area contributed by atoms with Crippen molar-refractivity contribution in [1.82, 2.24) is 4.98 Å². The minimum Gasteiger partial charge on any atom is -0.474 e. The first-order valence-corrected chi connectivity index (χ1v) is 4.55. The Labute approximate surface area is 90.7 Å². The number of nitrogens with zero attached hydrogens (tertiary/aromatic N) is 1. The molecule has 1 heterocycles. The molecular formula is C11H8N2O3. The second-order valence-corrected chi connectivity index (χ2v) is 3.16. The average Bonchev–Trinajstić information content (AvgIpc) is 2.29. The zero-order valence-corrected chi connectivity index (χ0v) is 8.18. The van der Waals surface area contributed by atoms with E-state index in [4.69, 9.17) is 5.11 Å². The fourth-order valence-corrected chi connectivity index (χ4v) is 1.40. The molecule has 0 unspecified atom stereocenters. The van der Waals surface area contributed by atoms with Gasteiger partial charge in [0.2, 0.25) is 0 Å². The number of amides is 1. The van der Waals surface area contributed by atoms with Crippen molar-refractivity contribution >= 4 is 28.3 Å². The minimum absolute atomic E-state index is 0.443. The summed E-state index contributed by atoms with van der Waals surface area (Å²) >= 11 is 0. The zero-order chi connectivity index (χ0) is 11.5. The predicted octanol–water partition coefficient (Wildman–Crippen LogP) is 1.26. The fourth-order valence-electron chi connectivity index (χ4n) is 1.40. The third-order valence-corrected chi connectivity index (χ3v) is 2.13. The summed E-state index contributed by atoms with van der Waals surface area (Å²) in [7, 11) is 0. The van der Waals surface area contributed by atoms with E-state index in [0.717, 1.165) is 5.39 Å². The third-order valence-electron chi connectivity index (χ3n) is 2.13. The van der Waals surface area contributed by atoms with Gasteiger partial charge in [0.1, 0.15) is 0 Å². The van der Waals surface area contributed by atoms with Crippen molar-refractivity contribution in [2.45, 2.75) is 0 Å². The lowest BCUT2D eigenvalue weighted by Crippen LogP contribution is -2.21. The highest BCUT2D eigenvalue weighted by molar-refractivity contribution is 6.37. The average molecular weight is 216 g/mol. The Morgan fingerprint density at radius 1 is 1.25 bits per heavy atom. The van der Waals surface area contributed by atoms with E-state index in [1.165, 1.54) is 0 Å². The molecule has 5 heteroatoms. The van der Waals surface area contributed by atoms with Crippen molar-refractivity contribution in [2.75, 3.05) is 5.32 Å². The molecule has 0 aliphatic rings. The molecule has 1 aromatic carbocycles. The lowest BCUT2D eigenvalue weighted by molar-refractivity contribution is -0.147. The summed E-state index contributed by atoms with van der Waals surface area (Å²) in [6, 6.07) is 7.00. The van der Waals surface area contributed by atoms with Crippen LogP contribution in [0.5, 0.6) is 0 Å². The van der Waals surface area contributed by atoms with Crippen LogP contribution >= 0.6 is 0 Å². The van der Waals surface area contributed by atoms with E-state index < -0.39 is 11.9 Å². The Morgan fingerprint density at radius 3 is 2.81 bits per heavy atom. The fraction of sp³-hybridized carbons (Fsp3) is 0. The Balaban J connectivity index is 2.45. The highest BCUT2D eigenvalue weighted by Gasteiger charge is 2.12. The molecule has 2 rings (SSSR count). The van der Waals surface area contributed by atoms with Crippen LogP contribution in [-0.2, 0) is 9.59 Å². The Hall–Kier alpha value is -2.43. The number of aromatic nitrogens is 1. The van der Waals surface area contributed by atoms with E-state index in [1.54, 1.807) is 30.6 Å². The van der Waals surface area contributed by atoms with Gasteiger partial charge in [0.25, 0.3) is 0 Å².